The zero-order valence-corrected chi connectivity index (χ0v) is 26.0. The van der Waals surface area contributed by atoms with E-state index in [0.29, 0.717) is 52.8 Å². The third kappa shape index (κ3) is 6.40. The Labute approximate surface area is 269 Å². The summed E-state index contributed by atoms with van der Waals surface area (Å²) in [6.45, 7) is 5.39. The summed E-state index contributed by atoms with van der Waals surface area (Å²) in [6.07, 6.45) is 5.00. The van der Waals surface area contributed by atoms with E-state index in [2.05, 4.69) is 31.9 Å². The summed E-state index contributed by atoms with van der Waals surface area (Å²) in [5.41, 5.74) is 3.42. The van der Waals surface area contributed by atoms with Crippen molar-refractivity contribution in [3.05, 3.63) is 106 Å². The highest BCUT2D eigenvalue weighted by Crippen LogP contribution is 2.40. The van der Waals surface area contributed by atoms with Crippen LogP contribution < -0.4 is 9.64 Å². The highest BCUT2D eigenvalue weighted by molar-refractivity contribution is 6.35. The molecule has 0 amide bonds. The van der Waals surface area contributed by atoms with Crippen LogP contribution in [0.2, 0.25) is 15.1 Å². The Kier molecular flexibility index (Phi) is 8.41. The number of anilines is 1. The second kappa shape index (κ2) is 12.6. The summed E-state index contributed by atoms with van der Waals surface area (Å²) < 4.78 is 26.7. The number of fused-ring (bicyclic) bond motifs is 1. The molecule has 2 unspecified atom stereocenters. The van der Waals surface area contributed by atoms with Crippen LogP contribution in [-0.2, 0) is 28.4 Å². The fourth-order valence-electron chi connectivity index (χ4n) is 5.69. The Morgan fingerprint density at radius 2 is 1.73 bits per heavy atom. The number of ether oxygens (including phenoxy) is 3. The Balaban J connectivity index is 0.930. The fraction of sp³-hybridized carbons (Fsp3) is 0.312. The van der Waals surface area contributed by atoms with Gasteiger partial charge < -0.3 is 28.1 Å². The molecule has 44 heavy (non-hydrogen) atoms. The molecule has 5 aromatic rings. The third-order valence-corrected chi connectivity index (χ3v) is 8.70. The summed E-state index contributed by atoms with van der Waals surface area (Å²) in [5.74, 6) is 0.393. The number of halogens is 3. The van der Waals surface area contributed by atoms with Gasteiger partial charge >= 0.3 is 0 Å². The van der Waals surface area contributed by atoms with E-state index in [1.165, 1.54) is 0 Å². The SMILES string of the molecule is Clc1ccc(C2(Cn3ccnc3)OCC(COc3ccc(N4CCN(Cc5nc6cc(Cl)ccc6o5)CC4)cc3)O2)c(Cl)c1. The van der Waals surface area contributed by atoms with Gasteiger partial charge in [0.05, 0.1) is 31.0 Å². The maximum atomic E-state index is 6.58. The second-order valence-electron chi connectivity index (χ2n) is 11.0. The minimum Gasteiger partial charge on any atom is -0.491 e. The van der Waals surface area contributed by atoms with Gasteiger partial charge in [-0.25, -0.2) is 9.97 Å². The van der Waals surface area contributed by atoms with Crippen LogP contribution in [0.1, 0.15) is 11.5 Å². The van der Waals surface area contributed by atoms with Gasteiger partial charge in [0.1, 0.15) is 24.0 Å². The number of aromatic nitrogens is 3. The van der Waals surface area contributed by atoms with Gasteiger partial charge in [-0.3, -0.25) is 4.90 Å². The number of benzene rings is 3. The van der Waals surface area contributed by atoms with E-state index in [9.17, 15) is 0 Å². The minimum atomic E-state index is -1.09. The van der Waals surface area contributed by atoms with E-state index in [1.54, 1.807) is 24.7 Å². The van der Waals surface area contributed by atoms with Crippen LogP contribution in [0.5, 0.6) is 5.75 Å². The molecule has 2 atom stereocenters. The summed E-state index contributed by atoms with van der Waals surface area (Å²) in [6, 6.07) is 19.0. The molecule has 2 fully saturated rings. The Morgan fingerprint density at radius 1 is 0.932 bits per heavy atom. The van der Waals surface area contributed by atoms with Crippen molar-refractivity contribution in [1.82, 2.24) is 19.4 Å². The van der Waals surface area contributed by atoms with Gasteiger partial charge in [-0.15, -0.1) is 0 Å². The number of hydrogen-bond acceptors (Lipinski definition) is 8. The van der Waals surface area contributed by atoms with Crippen LogP contribution in [0.4, 0.5) is 5.69 Å². The molecular weight excluding hydrogens is 625 g/mol. The molecule has 0 bridgehead atoms. The largest absolute Gasteiger partial charge is 0.491 e. The maximum absolute atomic E-state index is 6.58. The lowest BCUT2D eigenvalue weighted by Crippen LogP contribution is -2.46. The van der Waals surface area contributed by atoms with E-state index in [1.807, 2.05) is 47.2 Å². The lowest BCUT2D eigenvalue weighted by molar-refractivity contribution is -0.189. The molecule has 2 aliphatic rings. The highest BCUT2D eigenvalue weighted by Gasteiger charge is 2.45. The molecule has 0 saturated carbocycles. The molecule has 0 radical (unpaired) electrons. The molecule has 0 spiro atoms. The lowest BCUT2D eigenvalue weighted by atomic mass is 10.1. The molecule has 0 N–H and O–H groups in total. The normalized spacial score (nSPS) is 20.9. The first-order valence-corrected chi connectivity index (χ1v) is 15.5. The van der Waals surface area contributed by atoms with Crippen molar-refractivity contribution in [2.45, 2.75) is 25.0 Å². The van der Waals surface area contributed by atoms with Gasteiger partial charge in [0, 0.05) is 59.9 Å². The van der Waals surface area contributed by atoms with Crippen molar-refractivity contribution in [1.29, 1.82) is 0 Å². The predicted molar refractivity (Wildman–Crippen MR) is 170 cm³/mol. The smallest absolute Gasteiger partial charge is 0.215 e. The zero-order valence-electron chi connectivity index (χ0n) is 23.7. The summed E-state index contributed by atoms with van der Waals surface area (Å²) in [4.78, 5) is 13.5. The van der Waals surface area contributed by atoms with E-state index in [0.717, 1.165) is 48.7 Å². The van der Waals surface area contributed by atoms with Crippen molar-refractivity contribution in [2.24, 2.45) is 0 Å². The van der Waals surface area contributed by atoms with Gasteiger partial charge in [0.2, 0.25) is 11.7 Å². The van der Waals surface area contributed by atoms with Crippen LogP contribution in [0.15, 0.2) is 83.8 Å². The molecule has 2 aromatic heterocycles. The topological polar surface area (TPSA) is 78.0 Å². The Hall–Kier alpha value is -3.31. The number of oxazole rings is 1. The van der Waals surface area contributed by atoms with Crippen LogP contribution in [0.3, 0.4) is 0 Å². The Morgan fingerprint density at radius 3 is 2.50 bits per heavy atom. The van der Waals surface area contributed by atoms with Gasteiger partial charge in [-0.05, 0) is 54.6 Å². The van der Waals surface area contributed by atoms with Crippen molar-refractivity contribution in [3.63, 3.8) is 0 Å². The number of nitrogens with zero attached hydrogens (tertiary/aromatic N) is 5. The summed E-state index contributed by atoms with van der Waals surface area (Å²) in [7, 11) is 0. The fourth-order valence-corrected chi connectivity index (χ4v) is 6.41. The molecule has 7 rings (SSSR count). The first kappa shape index (κ1) is 29.4. The Bertz CT molecular complexity index is 1720. The van der Waals surface area contributed by atoms with Gasteiger partial charge in [-0.1, -0.05) is 40.9 Å². The van der Waals surface area contributed by atoms with Crippen LogP contribution in [0.25, 0.3) is 11.1 Å². The predicted octanol–water partition coefficient (Wildman–Crippen LogP) is 6.65. The number of imidazole rings is 1. The molecule has 228 valence electrons. The van der Waals surface area contributed by atoms with Crippen LogP contribution in [-0.4, -0.2) is 64.9 Å². The van der Waals surface area contributed by atoms with Gasteiger partial charge in [0.15, 0.2) is 5.58 Å². The second-order valence-corrected chi connectivity index (χ2v) is 12.2. The highest BCUT2D eigenvalue weighted by atomic mass is 35.5. The van der Waals surface area contributed by atoms with E-state index < -0.39 is 5.79 Å². The first-order chi connectivity index (χ1) is 21.4. The summed E-state index contributed by atoms with van der Waals surface area (Å²) >= 11 is 18.8. The van der Waals surface area contributed by atoms with E-state index >= 15 is 0 Å². The molecule has 4 heterocycles. The molecule has 3 aromatic carbocycles. The van der Waals surface area contributed by atoms with Crippen molar-refractivity contribution in [3.8, 4) is 5.75 Å². The molecule has 2 aliphatic heterocycles. The molecule has 12 heteroatoms. The molecular formula is C32H30Cl3N5O4. The standard InChI is InChI=1S/C32H30Cl3N5O4/c33-22-1-7-27(28(35)15-22)32(20-39-10-9-36-21-39)42-19-26(44-32)18-41-25-5-3-24(4-6-25)40-13-11-38(12-14-40)17-31-37-29-16-23(34)2-8-30(29)43-31/h1-10,15-16,21,26H,11-14,17-20H2. The quantitative estimate of drug-likeness (QED) is 0.175. The average Bonchev–Trinajstić information content (AvgIpc) is 3.77. The average molecular weight is 655 g/mol. The van der Waals surface area contributed by atoms with Crippen molar-refractivity contribution < 1.29 is 18.6 Å². The first-order valence-electron chi connectivity index (χ1n) is 14.4. The van der Waals surface area contributed by atoms with Crippen molar-refractivity contribution in [2.75, 3.05) is 44.3 Å². The molecule has 0 aliphatic carbocycles. The van der Waals surface area contributed by atoms with Gasteiger partial charge in [0.25, 0.3) is 0 Å². The van der Waals surface area contributed by atoms with Crippen LogP contribution >= 0.6 is 34.8 Å². The van der Waals surface area contributed by atoms with Crippen molar-refractivity contribution >= 4 is 51.6 Å². The molecule has 2 saturated heterocycles. The molecule has 9 nitrogen and oxygen atoms in total. The monoisotopic (exact) mass is 653 g/mol. The minimum absolute atomic E-state index is 0.295. The third-order valence-electron chi connectivity index (χ3n) is 7.91. The number of piperazine rings is 1. The summed E-state index contributed by atoms with van der Waals surface area (Å²) in [5, 5.41) is 1.68. The van der Waals surface area contributed by atoms with Gasteiger partial charge in [-0.2, -0.15) is 0 Å². The van der Waals surface area contributed by atoms with E-state index in [4.69, 9.17) is 53.4 Å². The van der Waals surface area contributed by atoms with Crippen LogP contribution in [0, 0.1) is 0 Å². The maximum Gasteiger partial charge on any atom is 0.215 e. The van der Waals surface area contributed by atoms with E-state index in [-0.39, 0.29) is 6.10 Å². The number of hydrogen-bond donors (Lipinski definition) is 0. The zero-order chi connectivity index (χ0) is 30.1. The number of rotatable bonds is 9. The lowest BCUT2D eigenvalue weighted by Gasteiger charge is -2.35.